The number of para-hydroxylation sites is 1. The van der Waals surface area contributed by atoms with E-state index in [2.05, 4.69) is 30.2 Å². The number of alkyl halides is 3. The highest BCUT2D eigenvalue weighted by atomic mass is 19.4. The second-order valence-corrected chi connectivity index (χ2v) is 6.89. The van der Waals surface area contributed by atoms with E-state index >= 15 is 0 Å². The lowest BCUT2D eigenvalue weighted by molar-refractivity contribution is -0.139. The molecule has 0 fully saturated rings. The van der Waals surface area contributed by atoms with Gasteiger partial charge in [-0.25, -0.2) is 19.9 Å². The normalized spacial score (nSPS) is 12.8. The summed E-state index contributed by atoms with van der Waals surface area (Å²) in [5.41, 5.74) is 1.82. The summed E-state index contributed by atoms with van der Waals surface area (Å²) >= 11 is 0. The fourth-order valence-electron chi connectivity index (χ4n) is 3.18. The van der Waals surface area contributed by atoms with Gasteiger partial charge in [0.05, 0.1) is 12.1 Å². The summed E-state index contributed by atoms with van der Waals surface area (Å²) in [6.45, 7) is -1.61. The molecule has 3 heterocycles. The summed E-state index contributed by atoms with van der Waals surface area (Å²) in [7, 11) is 1.35. The molecule has 0 aliphatic carbocycles. The number of anilines is 1. The maximum atomic E-state index is 12.5. The van der Waals surface area contributed by atoms with Crippen molar-refractivity contribution in [2.24, 2.45) is 0 Å². The van der Waals surface area contributed by atoms with Gasteiger partial charge in [-0.1, -0.05) is 12.1 Å². The van der Waals surface area contributed by atoms with Gasteiger partial charge in [-0.2, -0.15) is 13.2 Å². The van der Waals surface area contributed by atoms with Gasteiger partial charge in [0.2, 0.25) is 5.91 Å². The Kier molecular flexibility index (Phi) is 5.86. The van der Waals surface area contributed by atoms with Crippen molar-refractivity contribution < 1.29 is 22.7 Å². The number of fused-ring (bicyclic) bond motifs is 2. The topological polar surface area (TPSA) is 118 Å². The number of hydrogen-bond donors (Lipinski definition) is 3. The van der Waals surface area contributed by atoms with Crippen LogP contribution >= 0.6 is 0 Å². The number of aromatic amines is 1. The number of hydrogen-bond acceptors (Lipinski definition) is 7. The van der Waals surface area contributed by atoms with Crippen LogP contribution in [-0.4, -0.2) is 63.3 Å². The summed E-state index contributed by atoms with van der Waals surface area (Å²) in [6, 6.07) is 5.97. The van der Waals surface area contributed by atoms with Crippen molar-refractivity contribution in [3.8, 4) is 11.4 Å². The zero-order valence-corrected chi connectivity index (χ0v) is 16.8. The number of aromatic nitrogens is 5. The lowest BCUT2D eigenvalue weighted by Gasteiger charge is -2.20. The van der Waals surface area contributed by atoms with Crippen LogP contribution in [0.3, 0.4) is 0 Å². The van der Waals surface area contributed by atoms with Crippen molar-refractivity contribution in [3.05, 3.63) is 43.0 Å². The Morgan fingerprint density at radius 2 is 2.03 bits per heavy atom. The van der Waals surface area contributed by atoms with E-state index < -0.39 is 24.7 Å². The van der Waals surface area contributed by atoms with Crippen LogP contribution in [0.2, 0.25) is 0 Å². The number of rotatable bonds is 7. The molecule has 3 N–H and O–H groups in total. The summed E-state index contributed by atoms with van der Waals surface area (Å²) in [4.78, 5) is 32.7. The summed E-state index contributed by atoms with van der Waals surface area (Å²) in [5.74, 6) is -0.256. The van der Waals surface area contributed by atoms with Crippen LogP contribution < -0.4 is 10.6 Å². The van der Waals surface area contributed by atoms with E-state index in [1.54, 1.807) is 36.7 Å². The maximum Gasteiger partial charge on any atom is 0.405 e. The van der Waals surface area contributed by atoms with Gasteiger partial charge >= 0.3 is 6.18 Å². The minimum absolute atomic E-state index is 0.168. The second-order valence-electron chi connectivity index (χ2n) is 6.89. The van der Waals surface area contributed by atoms with Crippen LogP contribution in [-0.2, 0) is 9.53 Å². The van der Waals surface area contributed by atoms with E-state index in [1.807, 2.05) is 5.32 Å². The largest absolute Gasteiger partial charge is 0.405 e. The van der Waals surface area contributed by atoms with E-state index in [4.69, 9.17) is 4.74 Å². The third kappa shape index (κ3) is 4.59. The van der Waals surface area contributed by atoms with E-state index in [0.29, 0.717) is 33.3 Å². The van der Waals surface area contributed by atoms with Gasteiger partial charge in [-0.05, 0) is 12.1 Å². The van der Waals surface area contributed by atoms with Crippen molar-refractivity contribution >= 4 is 33.7 Å². The second kappa shape index (κ2) is 8.75. The van der Waals surface area contributed by atoms with Crippen molar-refractivity contribution in [3.63, 3.8) is 0 Å². The molecular formula is C20H18F3N7O2. The quantitative estimate of drug-likeness (QED) is 0.400. The molecule has 4 rings (SSSR count). The SMILES string of the molecule is COC[C@H](Nc1nc(-c2c[nH]c3ncncc23)nc2ccccc12)C(=O)NCC(F)(F)F. The number of ether oxygens (including phenoxy) is 1. The van der Waals surface area contributed by atoms with Crippen molar-refractivity contribution in [1.82, 2.24) is 30.2 Å². The number of amides is 1. The Bertz CT molecular complexity index is 1260. The molecule has 0 spiro atoms. The van der Waals surface area contributed by atoms with Gasteiger partial charge in [0.25, 0.3) is 0 Å². The van der Waals surface area contributed by atoms with Crippen LogP contribution in [0.5, 0.6) is 0 Å². The zero-order valence-electron chi connectivity index (χ0n) is 16.8. The molecule has 1 atom stereocenters. The Hall–Kier alpha value is -3.80. The average Bonchev–Trinajstić information content (AvgIpc) is 3.21. The molecule has 32 heavy (non-hydrogen) atoms. The Labute approximate surface area is 179 Å². The first-order chi connectivity index (χ1) is 15.4. The Morgan fingerprint density at radius 3 is 2.81 bits per heavy atom. The molecule has 0 saturated carbocycles. The monoisotopic (exact) mass is 445 g/mol. The van der Waals surface area contributed by atoms with E-state index in [-0.39, 0.29) is 12.4 Å². The number of H-pyrrole nitrogens is 1. The Balaban J connectivity index is 1.73. The van der Waals surface area contributed by atoms with Crippen LogP contribution in [0.4, 0.5) is 19.0 Å². The minimum atomic E-state index is -4.53. The molecule has 0 radical (unpaired) electrons. The van der Waals surface area contributed by atoms with Crippen LogP contribution in [0.1, 0.15) is 0 Å². The standard InChI is InChI=1S/C20H18F3N7O2/c1-32-8-15(19(31)26-9-20(21,22)23)29-17-11-4-2-3-5-14(11)28-18(30-17)13-7-25-16-12(13)6-24-10-27-16/h2-7,10,15H,8-9H2,1H3,(H,26,31)(H,24,25,27)(H,28,29,30)/t15-/m0/s1. The molecule has 9 nitrogen and oxygen atoms in total. The summed E-state index contributed by atoms with van der Waals surface area (Å²) in [5, 5.41) is 6.08. The Morgan fingerprint density at radius 1 is 1.22 bits per heavy atom. The number of nitrogens with one attached hydrogen (secondary N) is 3. The molecule has 1 amide bonds. The van der Waals surface area contributed by atoms with Crippen molar-refractivity contribution in [2.75, 3.05) is 25.6 Å². The molecule has 0 saturated heterocycles. The molecule has 0 aliphatic heterocycles. The molecule has 4 aromatic rings. The number of benzene rings is 1. The predicted molar refractivity (Wildman–Crippen MR) is 111 cm³/mol. The third-order valence-corrected chi connectivity index (χ3v) is 4.62. The number of methoxy groups -OCH3 is 1. The van der Waals surface area contributed by atoms with Crippen LogP contribution in [0, 0.1) is 0 Å². The fourth-order valence-corrected chi connectivity index (χ4v) is 3.18. The highest BCUT2D eigenvalue weighted by molar-refractivity contribution is 5.96. The fraction of sp³-hybridized carbons (Fsp3) is 0.250. The molecule has 0 aliphatic rings. The minimum Gasteiger partial charge on any atom is -0.382 e. The maximum absolute atomic E-state index is 12.5. The molecule has 1 aromatic carbocycles. The molecular weight excluding hydrogens is 427 g/mol. The summed E-state index contributed by atoms with van der Waals surface area (Å²) < 4.78 is 42.6. The lowest BCUT2D eigenvalue weighted by atomic mass is 10.2. The molecule has 3 aromatic heterocycles. The molecule has 0 bridgehead atoms. The van der Waals surface area contributed by atoms with Crippen LogP contribution in [0.25, 0.3) is 33.3 Å². The van der Waals surface area contributed by atoms with Gasteiger partial charge in [0.1, 0.15) is 30.4 Å². The van der Waals surface area contributed by atoms with Crippen molar-refractivity contribution in [2.45, 2.75) is 12.2 Å². The van der Waals surface area contributed by atoms with E-state index in [9.17, 15) is 18.0 Å². The van der Waals surface area contributed by atoms with Crippen LogP contribution in [0.15, 0.2) is 43.0 Å². The first-order valence-electron chi connectivity index (χ1n) is 9.50. The smallest absolute Gasteiger partial charge is 0.382 e. The third-order valence-electron chi connectivity index (χ3n) is 4.62. The number of halogens is 3. The number of nitrogens with zero attached hydrogens (tertiary/aromatic N) is 4. The van der Waals surface area contributed by atoms with Crippen molar-refractivity contribution in [1.29, 1.82) is 0 Å². The van der Waals surface area contributed by atoms with Gasteiger partial charge in [0, 0.05) is 35.8 Å². The lowest BCUT2D eigenvalue weighted by Crippen LogP contribution is -2.45. The predicted octanol–water partition coefficient (Wildman–Crippen LogP) is 2.67. The van der Waals surface area contributed by atoms with E-state index in [0.717, 1.165) is 0 Å². The highest BCUT2D eigenvalue weighted by Crippen LogP contribution is 2.29. The van der Waals surface area contributed by atoms with E-state index in [1.165, 1.54) is 13.4 Å². The molecule has 12 heteroatoms. The molecule has 0 unspecified atom stereocenters. The average molecular weight is 445 g/mol. The van der Waals surface area contributed by atoms with Gasteiger partial charge in [0.15, 0.2) is 5.82 Å². The molecule has 166 valence electrons. The van der Waals surface area contributed by atoms with Gasteiger partial charge < -0.3 is 20.4 Å². The summed E-state index contributed by atoms with van der Waals surface area (Å²) in [6.07, 6.45) is 0.194. The number of carbonyl (C=O) groups excluding carboxylic acids is 1. The number of carbonyl (C=O) groups is 1. The zero-order chi connectivity index (χ0) is 22.7. The van der Waals surface area contributed by atoms with Gasteiger partial charge in [-0.3, -0.25) is 4.79 Å². The first-order valence-corrected chi connectivity index (χ1v) is 9.50. The van der Waals surface area contributed by atoms with Gasteiger partial charge in [-0.15, -0.1) is 0 Å². The first kappa shape index (κ1) is 21.4. The highest BCUT2D eigenvalue weighted by Gasteiger charge is 2.30.